The molecule has 2 aliphatic rings. The van der Waals surface area contributed by atoms with Crippen molar-refractivity contribution in [1.82, 2.24) is 4.90 Å². The van der Waals surface area contributed by atoms with Gasteiger partial charge in [-0.1, -0.05) is 11.6 Å². The van der Waals surface area contributed by atoms with Crippen molar-refractivity contribution in [3.05, 3.63) is 22.7 Å². The maximum absolute atomic E-state index is 12.6. The van der Waals surface area contributed by atoms with Crippen LogP contribution in [0.2, 0.25) is 5.02 Å². The summed E-state index contributed by atoms with van der Waals surface area (Å²) in [5, 5.41) is 0.489. The number of amides is 1. The van der Waals surface area contributed by atoms with Gasteiger partial charge in [0.25, 0.3) is 0 Å². The van der Waals surface area contributed by atoms with Gasteiger partial charge in [-0.15, -0.1) is 0 Å². The van der Waals surface area contributed by atoms with Crippen LogP contribution in [-0.2, 0) is 16.0 Å². The number of hydrogen-bond acceptors (Lipinski definition) is 4. The van der Waals surface area contributed by atoms with E-state index in [4.69, 9.17) is 25.8 Å². The van der Waals surface area contributed by atoms with Crippen molar-refractivity contribution in [2.24, 2.45) is 0 Å². The Hall–Kier alpha value is -1.46. The van der Waals surface area contributed by atoms with E-state index in [-0.39, 0.29) is 18.1 Å². The van der Waals surface area contributed by atoms with Gasteiger partial charge in [0, 0.05) is 6.54 Å². The van der Waals surface area contributed by atoms with Crippen molar-refractivity contribution in [3.63, 3.8) is 0 Å². The largest absolute Gasteiger partial charge is 0.486 e. The first-order chi connectivity index (χ1) is 10.5. The summed E-state index contributed by atoms with van der Waals surface area (Å²) in [6, 6.07) is 3.71. The third-order valence-corrected chi connectivity index (χ3v) is 4.22. The molecule has 3 rings (SSSR count). The van der Waals surface area contributed by atoms with Crippen LogP contribution in [-0.4, -0.2) is 49.3 Å². The fourth-order valence-electron chi connectivity index (χ4n) is 2.79. The van der Waals surface area contributed by atoms with E-state index in [0.29, 0.717) is 49.3 Å². The fourth-order valence-corrected chi connectivity index (χ4v) is 3.08. The Balaban J connectivity index is 1.75. The highest BCUT2D eigenvalue weighted by Crippen LogP contribution is 2.38. The summed E-state index contributed by atoms with van der Waals surface area (Å²) in [6.45, 7) is 6.17. The van der Waals surface area contributed by atoms with Crippen LogP contribution < -0.4 is 9.47 Å². The van der Waals surface area contributed by atoms with Crippen LogP contribution in [0.3, 0.4) is 0 Å². The third-order valence-electron chi connectivity index (χ3n) is 3.94. The van der Waals surface area contributed by atoms with Gasteiger partial charge >= 0.3 is 0 Å². The molecular weight excluding hydrogens is 306 g/mol. The lowest BCUT2D eigenvalue weighted by Gasteiger charge is -2.37. The first-order valence-electron chi connectivity index (χ1n) is 7.53. The molecule has 1 aromatic carbocycles. The SMILES string of the molecule is CC1CN(C(=O)Cc2cc(Cl)c3c(c2)OCCO3)C(C)CO1. The zero-order valence-electron chi connectivity index (χ0n) is 12.8. The van der Waals surface area contributed by atoms with Gasteiger partial charge in [-0.3, -0.25) is 4.79 Å². The lowest BCUT2D eigenvalue weighted by atomic mass is 10.1. The average Bonchev–Trinajstić information content (AvgIpc) is 2.49. The molecule has 1 fully saturated rings. The normalized spacial score (nSPS) is 24.2. The number of nitrogens with zero attached hydrogens (tertiary/aromatic N) is 1. The van der Waals surface area contributed by atoms with Gasteiger partial charge in [0.1, 0.15) is 13.2 Å². The minimum atomic E-state index is 0.0732. The molecule has 22 heavy (non-hydrogen) atoms. The van der Waals surface area contributed by atoms with Crippen molar-refractivity contribution in [2.75, 3.05) is 26.4 Å². The van der Waals surface area contributed by atoms with Crippen LogP contribution in [0.5, 0.6) is 11.5 Å². The van der Waals surface area contributed by atoms with E-state index in [2.05, 4.69) is 0 Å². The Labute approximate surface area is 135 Å². The lowest BCUT2D eigenvalue weighted by Crippen LogP contribution is -2.50. The number of carbonyl (C=O) groups is 1. The summed E-state index contributed by atoms with van der Waals surface area (Å²) in [5.41, 5.74) is 0.839. The van der Waals surface area contributed by atoms with Crippen LogP contribution in [0.1, 0.15) is 19.4 Å². The summed E-state index contributed by atoms with van der Waals surface area (Å²) in [5.74, 6) is 1.26. The summed E-state index contributed by atoms with van der Waals surface area (Å²) in [6.07, 6.45) is 0.372. The molecular formula is C16H20ClNO4. The van der Waals surface area contributed by atoms with Crippen LogP contribution in [0.4, 0.5) is 0 Å². The van der Waals surface area contributed by atoms with E-state index in [1.54, 1.807) is 6.07 Å². The molecule has 120 valence electrons. The molecule has 6 heteroatoms. The van der Waals surface area contributed by atoms with E-state index in [0.717, 1.165) is 5.56 Å². The maximum Gasteiger partial charge on any atom is 0.227 e. The summed E-state index contributed by atoms with van der Waals surface area (Å²) < 4.78 is 16.6. The highest BCUT2D eigenvalue weighted by atomic mass is 35.5. The minimum Gasteiger partial charge on any atom is -0.486 e. The first kappa shape index (κ1) is 15.4. The first-order valence-corrected chi connectivity index (χ1v) is 7.91. The molecule has 2 atom stereocenters. The zero-order valence-corrected chi connectivity index (χ0v) is 13.6. The van der Waals surface area contributed by atoms with Crippen molar-refractivity contribution in [3.8, 4) is 11.5 Å². The molecule has 1 saturated heterocycles. The van der Waals surface area contributed by atoms with Gasteiger partial charge < -0.3 is 19.1 Å². The van der Waals surface area contributed by atoms with Crippen molar-refractivity contribution >= 4 is 17.5 Å². The van der Waals surface area contributed by atoms with Gasteiger partial charge in [-0.05, 0) is 31.5 Å². The van der Waals surface area contributed by atoms with Crippen molar-refractivity contribution in [2.45, 2.75) is 32.4 Å². The molecule has 1 amide bonds. The second kappa shape index (κ2) is 6.34. The van der Waals surface area contributed by atoms with Crippen LogP contribution in [0, 0.1) is 0 Å². The predicted octanol–water partition coefficient (Wildman–Crippen LogP) is 2.29. The third kappa shape index (κ3) is 3.15. The molecule has 2 unspecified atom stereocenters. The Bertz CT molecular complexity index is 578. The number of halogens is 1. The molecule has 0 radical (unpaired) electrons. The van der Waals surface area contributed by atoms with E-state index >= 15 is 0 Å². The highest BCUT2D eigenvalue weighted by Gasteiger charge is 2.28. The second-order valence-corrected chi connectivity index (χ2v) is 6.22. The fraction of sp³-hybridized carbons (Fsp3) is 0.562. The van der Waals surface area contributed by atoms with E-state index in [9.17, 15) is 4.79 Å². The van der Waals surface area contributed by atoms with Gasteiger partial charge in [-0.25, -0.2) is 0 Å². The van der Waals surface area contributed by atoms with Crippen molar-refractivity contribution < 1.29 is 19.0 Å². The van der Waals surface area contributed by atoms with Gasteiger partial charge in [0.2, 0.25) is 5.91 Å². The Morgan fingerprint density at radius 1 is 1.32 bits per heavy atom. The van der Waals surface area contributed by atoms with Crippen LogP contribution >= 0.6 is 11.6 Å². The van der Waals surface area contributed by atoms with E-state index in [1.807, 2.05) is 24.8 Å². The molecule has 5 nitrogen and oxygen atoms in total. The number of hydrogen-bond donors (Lipinski definition) is 0. The van der Waals surface area contributed by atoms with E-state index in [1.165, 1.54) is 0 Å². The standard InChI is InChI=1S/C16H20ClNO4/c1-10-9-22-11(2)8-18(10)15(19)7-12-5-13(17)16-14(6-12)20-3-4-21-16/h5-6,10-11H,3-4,7-9H2,1-2H3. The van der Waals surface area contributed by atoms with Gasteiger partial charge in [0.05, 0.1) is 30.2 Å². The van der Waals surface area contributed by atoms with E-state index < -0.39 is 0 Å². The molecule has 0 aliphatic carbocycles. The van der Waals surface area contributed by atoms with Crippen molar-refractivity contribution in [1.29, 1.82) is 0 Å². The number of rotatable bonds is 2. The summed E-state index contributed by atoms with van der Waals surface area (Å²) in [7, 11) is 0. The van der Waals surface area contributed by atoms with Crippen LogP contribution in [0.15, 0.2) is 12.1 Å². The minimum absolute atomic E-state index is 0.0732. The molecule has 0 aromatic heterocycles. The predicted molar refractivity (Wildman–Crippen MR) is 82.7 cm³/mol. The monoisotopic (exact) mass is 325 g/mol. The van der Waals surface area contributed by atoms with Gasteiger partial charge in [0.15, 0.2) is 11.5 Å². The van der Waals surface area contributed by atoms with Crippen LogP contribution in [0.25, 0.3) is 0 Å². The second-order valence-electron chi connectivity index (χ2n) is 5.82. The number of carbonyl (C=O) groups excluding carboxylic acids is 1. The molecule has 1 aromatic rings. The number of benzene rings is 1. The number of morpholine rings is 1. The highest BCUT2D eigenvalue weighted by molar-refractivity contribution is 6.32. The Morgan fingerprint density at radius 3 is 2.91 bits per heavy atom. The smallest absolute Gasteiger partial charge is 0.227 e. The summed E-state index contributed by atoms with van der Waals surface area (Å²) >= 11 is 6.22. The molecule has 2 aliphatic heterocycles. The lowest BCUT2D eigenvalue weighted by molar-refractivity contribution is -0.142. The van der Waals surface area contributed by atoms with Gasteiger partial charge in [-0.2, -0.15) is 0 Å². The average molecular weight is 326 g/mol. The Morgan fingerprint density at radius 2 is 2.09 bits per heavy atom. The molecule has 0 spiro atoms. The molecule has 0 bridgehead atoms. The number of ether oxygens (including phenoxy) is 3. The maximum atomic E-state index is 12.6. The molecule has 0 N–H and O–H groups in total. The Kier molecular flexibility index (Phi) is 4.45. The zero-order chi connectivity index (χ0) is 15.7. The topological polar surface area (TPSA) is 48.0 Å². The quantitative estimate of drug-likeness (QED) is 0.837. The molecule has 0 saturated carbocycles. The number of fused-ring (bicyclic) bond motifs is 1. The molecule has 2 heterocycles. The summed E-state index contributed by atoms with van der Waals surface area (Å²) in [4.78, 5) is 14.4.